The summed E-state index contributed by atoms with van der Waals surface area (Å²) in [7, 11) is 0. The summed E-state index contributed by atoms with van der Waals surface area (Å²) in [5.74, 6) is -0.317. The Morgan fingerprint density at radius 3 is 2.86 bits per heavy atom. The molecule has 0 atom stereocenters. The number of fused-ring (bicyclic) bond motifs is 1. The van der Waals surface area contributed by atoms with Crippen LogP contribution < -0.4 is 5.56 Å². The smallest absolute Gasteiger partial charge is 0.290 e. The number of aromatic nitrogens is 1. The van der Waals surface area contributed by atoms with Crippen LogP contribution in [0.15, 0.2) is 29.1 Å². The van der Waals surface area contributed by atoms with Gasteiger partial charge in [0.2, 0.25) is 0 Å². The van der Waals surface area contributed by atoms with Crippen LogP contribution in [-0.4, -0.2) is 10.1 Å². The van der Waals surface area contributed by atoms with Gasteiger partial charge in [-0.25, -0.2) is 0 Å². The molecule has 2 N–H and O–H groups in total. The van der Waals surface area contributed by atoms with Crippen molar-refractivity contribution in [3.63, 3.8) is 0 Å². The molecule has 1 heterocycles. The molecule has 1 aromatic carbocycles. The van der Waals surface area contributed by atoms with Gasteiger partial charge in [-0.3, -0.25) is 4.79 Å². The van der Waals surface area contributed by atoms with E-state index in [0.717, 1.165) is 0 Å². The molecular weight excluding hydrogens is 180 g/mol. The van der Waals surface area contributed by atoms with Gasteiger partial charge < -0.3 is 10.1 Å². The molecule has 0 spiro atoms. The van der Waals surface area contributed by atoms with Gasteiger partial charge in [0, 0.05) is 10.9 Å². The summed E-state index contributed by atoms with van der Waals surface area (Å²) >= 11 is 0. The topological polar surface area (TPSA) is 76.9 Å². The minimum atomic E-state index is -0.549. The number of nitrogens with one attached hydrogen (secondary N) is 1. The van der Waals surface area contributed by atoms with E-state index in [1.165, 1.54) is 6.07 Å². The fraction of sp³-hybridized carbons (Fsp3) is 0. The van der Waals surface area contributed by atoms with Gasteiger partial charge in [0.05, 0.1) is 11.6 Å². The molecule has 14 heavy (non-hydrogen) atoms. The number of aromatic hydroxyl groups is 1. The number of hydrogen-bond donors (Lipinski definition) is 2. The standard InChI is InChI=1S/C10H6N2O2/c11-5-6-1-2-7-4-9(13)10(14)12-8(7)3-6/h1-4,13H,(H,12,14). The molecule has 0 unspecified atom stereocenters. The number of nitriles is 1. The van der Waals surface area contributed by atoms with Crippen molar-refractivity contribution in [3.05, 3.63) is 40.2 Å². The molecule has 68 valence electrons. The third kappa shape index (κ3) is 1.21. The average Bonchev–Trinajstić information content (AvgIpc) is 2.19. The summed E-state index contributed by atoms with van der Waals surface area (Å²) < 4.78 is 0. The number of rotatable bonds is 0. The van der Waals surface area contributed by atoms with E-state index in [2.05, 4.69) is 4.98 Å². The van der Waals surface area contributed by atoms with Crippen LogP contribution in [0.25, 0.3) is 10.9 Å². The minimum absolute atomic E-state index is 0.317. The second-order valence-electron chi connectivity index (χ2n) is 2.90. The van der Waals surface area contributed by atoms with Crippen LogP contribution in [0.5, 0.6) is 5.75 Å². The van der Waals surface area contributed by atoms with Crippen molar-refractivity contribution < 1.29 is 5.11 Å². The zero-order valence-corrected chi connectivity index (χ0v) is 7.11. The Morgan fingerprint density at radius 1 is 1.36 bits per heavy atom. The molecule has 4 heteroatoms. The van der Waals surface area contributed by atoms with Crippen LogP contribution in [0.1, 0.15) is 5.56 Å². The number of H-pyrrole nitrogens is 1. The van der Waals surface area contributed by atoms with Gasteiger partial charge >= 0.3 is 0 Å². The largest absolute Gasteiger partial charge is 0.503 e. The Balaban J connectivity index is 2.85. The molecule has 0 aliphatic heterocycles. The molecule has 0 aliphatic carbocycles. The Kier molecular flexibility index (Phi) is 1.72. The third-order valence-electron chi connectivity index (χ3n) is 1.96. The van der Waals surface area contributed by atoms with Crippen LogP contribution in [0.4, 0.5) is 0 Å². The van der Waals surface area contributed by atoms with Crippen LogP contribution >= 0.6 is 0 Å². The molecule has 0 aliphatic rings. The molecule has 0 fully saturated rings. The second kappa shape index (κ2) is 2.89. The zero-order chi connectivity index (χ0) is 10.1. The maximum Gasteiger partial charge on any atom is 0.290 e. The molecule has 0 bridgehead atoms. The number of aromatic amines is 1. The molecule has 0 saturated carbocycles. The molecule has 4 nitrogen and oxygen atoms in total. The quantitative estimate of drug-likeness (QED) is 0.646. The summed E-state index contributed by atoms with van der Waals surface area (Å²) in [6.07, 6.45) is 0. The summed E-state index contributed by atoms with van der Waals surface area (Å²) in [6, 6.07) is 8.20. The highest BCUT2D eigenvalue weighted by Gasteiger charge is 2.00. The van der Waals surface area contributed by atoms with Gasteiger partial charge in [0.25, 0.3) is 5.56 Å². The van der Waals surface area contributed by atoms with Gasteiger partial charge in [-0.15, -0.1) is 0 Å². The Hall–Kier alpha value is -2.28. The lowest BCUT2D eigenvalue weighted by molar-refractivity contribution is 0.468. The Labute approximate surface area is 79.0 Å². The molecule has 0 amide bonds. The maximum atomic E-state index is 11.0. The summed E-state index contributed by atoms with van der Waals surface area (Å²) in [5.41, 5.74) is 0.471. The molecule has 2 aromatic rings. The second-order valence-corrected chi connectivity index (χ2v) is 2.90. The highest BCUT2D eigenvalue weighted by Crippen LogP contribution is 2.14. The fourth-order valence-corrected chi connectivity index (χ4v) is 1.26. The number of hydrogen-bond acceptors (Lipinski definition) is 3. The maximum absolute atomic E-state index is 11.0. The molecule has 1 aromatic heterocycles. The predicted molar refractivity (Wildman–Crippen MR) is 50.9 cm³/mol. The van der Waals surface area contributed by atoms with E-state index >= 15 is 0 Å². The monoisotopic (exact) mass is 186 g/mol. The summed E-state index contributed by atoms with van der Waals surface area (Å²) in [4.78, 5) is 13.5. The molecular formula is C10H6N2O2. The van der Waals surface area contributed by atoms with Crippen molar-refractivity contribution in [2.45, 2.75) is 0 Å². The van der Waals surface area contributed by atoms with E-state index in [9.17, 15) is 4.79 Å². The van der Waals surface area contributed by atoms with E-state index in [1.807, 2.05) is 6.07 Å². The number of nitrogens with zero attached hydrogens (tertiary/aromatic N) is 1. The van der Waals surface area contributed by atoms with E-state index in [4.69, 9.17) is 10.4 Å². The van der Waals surface area contributed by atoms with Crippen molar-refractivity contribution in [1.29, 1.82) is 5.26 Å². The van der Waals surface area contributed by atoms with E-state index in [1.54, 1.807) is 18.2 Å². The van der Waals surface area contributed by atoms with Crippen LogP contribution in [0.3, 0.4) is 0 Å². The Morgan fingerprint density at radius 2 is 2.14 bits per heavy atom. The van der Waals surface area contributed by atoms with Crippen molar-refractivity contribution >= 4 is 10.9 Å². The third-order valence-corrected chi connectivity index (χ3v) is 1.96. The van der Waals surface area contributed by atoms with Crippen molar-refractivity contribution in [3.8, 4) is 11.8 Å². The van der Waals surface area contributed by atoms with E-state index < -0.39 is 5.56 Å². The highest BCUT2D eigenvalue weighted by atomic mass is 16.3. The van der Waals surface area contributed by atoms with Gasteiger partial charge in [-0.1, -0.05) is 6.07 Å². The summed E-state index contributed by atoms with van der Waals surface area (Å²) in [6.45, 7) is 0. The van der Waals surface area contributed by atoms with Gasteiger partial charge in [-0.05, 0) is 18.2 Å². The van der Waals surface area contributed by atoms with E-state index in [-0.39, 0.29) is 5.75 Å². The lowest BCUT2D eigenvalue weighted by Crippen LogP contribution is -2.04. The van der Waals surface area contributed by atoms with Gasteiger partial charge in [0.1, 0.15) is 0 Å². The molecule has 0 saturated heterocycles. The SMILES string of the molecule is N#Cc1ccc2cc(O)c(=O)[nH]c2c1. The van der Waals surface area contributed by atoms with Gasteiger partial charge in [-0.2, -0.15) is 5.26 Å². The normalized spacial score (nSPS) is 9.93. The summed E-state index contributed by atoms with van der Waals surface area (Å²) in [5, 5.41) is 18.5. The first kappa shape index (κ1) is 8.32. The first-order chi connectivity index (χ1) is 6.70. The minimum Gasteiger partial charge on any atom is -0.503 e. The molecule has 2 rings (SSSR count). The first-order valence-electron chi connectivity index (χ1n) is 3.97. The number of pyridine rings is 1. The average molecular weight is 186 g/mol. The fourth-order valence-electron chi connectivity index (χ4n) is 1.26. The van der Waals surface area contributed by atoms with Crippen LogP contribution in [0, 0.1) is 11.3 Å². The van der Waals surface area contributed by atoms with Crippen molar-refractivity contribution in [2.24, 2.45) is 0 Å². The lowest BCUT2D eigenvalue weighted by atomic mass is 10.1. The van der Waals surface area contributed by atoms with E-state index in [0.29, 0.717) is 16.5 Å². The van der Waals surface area contributed by atoms with Crippen molar-refractivity contribution in [2.75, 3.05) is 0 Å². The first-order valence-corrected chi connectivity index (χ1v) is 3.97. The van der Waals surface area contributed by atoms with Crippen LogP contribution in [0.2, 0.25) is 0 Å². The highest BCUT2D eigenvalue weighted by molar-refractivity contribution is 5.80. The predicted octanol–water partition coefficient (Wildman–Crippen LogP) is 1.11. The van der Waals surface area contributed by atoms with Gasteiger partial charge in [0.15, 0.2) is 5.75 Å². The molecule has 0 radical (unpaired) electrons. The Bertz CT molecular complexity index is 593. The van der Waals surface area contributed by atoms with Crippen LogP contribution in [-0.2, 0) is 0 Å². The lowest BCUT2D eigenvalue weighted by Gasteiger charge is -1.98. The number of benzene rings is 1. The zero-order valence-electron chi connectivity index (χ0n) is 7.11. The van der Waals surface area contributed by atoms with Crippen molar-refractivity contribution in [1.82, 2.24) is 4.98 Å².